The van der Waals surface area contributed by atoms with Crippen LogP contribution in [-0.2, 0) is 12.2 Å². The molecule has 19 heavy (non-hydrogen) atoms. The molecule has 4 heteroatoms. The first-order valence-corrected chi connectivity index (χ1v) is 8.81. The predicted molar refractivity (Wildman–Crippen MR) is 85.9 cm³/mol. The van der Waals surface area contributed by atoms with E-state index in [4.69, 9.17) is 4.98 Å². The van der Waals surface area contributed by atoms with Crippen LogP contribution in [0.3, 0.4) is 0 Å². The number of hydrogen-bond acceptors (Lipinski definition) is 4. The van der Waals surface area contributed by atoms with Crippen LogP contribution in [0, 0.1) is 0 Å². The van der Waals surface area contributed by atoms with E-state index in [2.05, 4.69) is 54.2 Å². The van der Waals surface area contributed by atoms with Crippen molar-refractivity contribution in [2.24, 2.45) is 0 Å². The Morgan fingerprint density at radius 3 is 2.79 bits per heavy atom. The zero-order valence-corrected chi connectivity index (χ0v) is 13.1. The Hall–Kier alpha value is -0.840. The third kappa shape index (κ3) is 4.34. The molecule has 0 saturated carbocycles. The number of thioether (sulfide) groups is 1. The number of thiazole rings is 1. The molecule has 2 aromatic rings. The highest BCUT2D eigenvalue weighted by Gasteiger charge is 2.12. The molecule has 2 nitrogen and oxygen atoms in total. The summed E-state index contributed by atoms with van der Waals surface area (Å²) < 4.78 is 0. The van der Waals surface area contributed by atoms with Gasteiger partial charge in [0.1, 0.15) is 5.01 Å². The van der Waals surface area contributed by atoms with Crippen molar-refractivity contribution in [3.8, 4) is 0 Å². The fourth-order valence-corrected chi connectivity index (χ4v) is 3.61. The molecule has 0 amide bonds. The third-order valence-electron chi connectivity index (χ3n) is 2.93. The summed E-state index contributed by atoms with van der Waals surface area (Å²) in [5.74, 6) is 1.02. The summed E-state index contributed by atoms with van der Waals surface area (Å²) in [6.45, 7) is 3.12. The first-order chi connectivity index (χ1) is 9.33. The third-order valence-corrected chi connectivity index (χ3v) is 4.58. The molecule has 1 aromatic heterocycles. The Balaban J connectivity index is 2.07. The Bertz CT molecular complexity index is 482. The van der Waals surface area contributed by atoms with Crippen LogP contribution in [0.15, 0.2) is 35.7 Å². The number of benzene rings is 1. The number of aromatic nitrogens is 1. The van der Waals surface area contributed by atoms with Crippen LogP contribution in [0.4, 0.5) is 0 Å². The molecule has 1 unspecified atom stereocenters. The van der Waals surface area contributed by atoms with Crippen LogP contribution in [-0.4, -0.2) is 17.8 Å². The van der Waals surface area contributed by atoms with Gasteiger partial charge in [-0.1, -0.05) is 37.3 Å². The van der Waals surface area contributed by atoms with E-state index in [0.29, 0.717) is 6.04 Å². The monoisotopic (exact) mass is 292 g/mol. The normalized spacial score (nSPS) is 12.5. The fraction of sp³-hybridized carbons (Fsp3) is 0.400. The van der Waals surface area contributed by atoms with Crippen molar-refractivity contribution in [1.82, 2.24) is 10.3 Å². The maximum atomic E-state index is 4.71. The van der Waals surface area contributed by atoms with E-state index in [0.717, 1.165) is 18.7 Å². The molecule has 0 radical (unpaired) electrons. The number of likely N-dealkylation sites (N-methyl/N-ethyl adjacent to an activating group) is 1. The maximum Gasteiger partial charge on any atom is 0.103 e. The molecule has 0 fully saturated rings. The van der Waals surface area contributed by atoms with E-state index in [1.807, 2.05) is 11.8 Å². The van der Waals surface area contributed by atoms with Crippen LogP contribution < -0.4 is 5.32 Å². The average Bonchev–Trinajstić information content (AvgIpc) is 2.87. The second-order valence-corrected chi connectivity index (χ2v) is 6.20. The fourth-order valence-electron chi connectivity index (χ4n) is 2.08. The average molecular weight is 292 g/mol. The van der Waals surface area contributed by atoms with E-state index in [-0.39, 0.29) is 0 Å². The Kier molecular flexibility index (Phi) is 5.89. The largest absolute Gasteiger partial charge is 0.310 e. The van der Waals surface area contributed by atoms with Crippen LogP contribution in [0.25, 0.3) is 0 Å². The van der Waals surface area contributed by atoms with Crippen molar-refractivity contribution in [3.05, 3.63) is 52.0 Å². The van der Waals surface area contributed by atoms with E-state index < -0.39 is 0 Å². The standard InChI is InChI=1S/C15H20N2S2/c1-3-16-14(12-7-5-4-6-8-12)9-13-10-19-15(17-13)11-18-2/h4-8,10,14,16H,3,9,11H2,1-2H3. The van der Waals surface area contributed by atoms with Gasteiger partial charge < -0.3 is 5.32 Å². The minimum atomic E-state index is 0.357. The van der Waals surface area contributed by atoms with E-state index in [1.165, 1.54) is 16.3 Å². The molecule has 0 aliphatic heterocycles. The van der Waals surface area contributed by atoms with Gasteiger partial charge in [0.25, 0.3) is 0 Å². The predicted octanol–water partition coefficient (Wildman–Crippen LogP) is 3.90. The number of hydrogen-bond donors (Lipinski definition) is 1. The topological polar surface area (TPSA) is 24.9 Å². The molecule has 2 rings (SSSR count). The summed E-state index contributed by atoms with van der Waals surface area (Å²) in [5, 5.41) is 6.97. The number of nitrogens with zero attached hydrogens (tertiary/aromatic N) is 1. The van der Waals surface area contributed by atoms with Gasteiger partial charge in [0.2, 0.25) is 0 Å². The van der Waals surface area contributed by atoms with Crippen LogP contribution in [0.5, 0.6) is 0 Å². The van der Waals surface area contributed by atoms with Crippen LogP contribution in [0.1, 0.15) is 29.2 Å². The lowest BCUT2D eigenvalue weighted by Gasteiger charge is -2.17. The summed E-state index contributed by atoms with van der Waals surface area (Å²) in [6.07, 6.45) is 3.08. The van der Waals surface area contributed by atoms with Gasteiger partial charge in [-0.25, -0.2) is 4.98 Å². The van der Waals surface area contributed by atoms with Crippen molar-refractivity contribution in [1.29, 1.82) is 0 Å². The lowest BCUT2D eigenvalue weighted by molar-refractivity contribution is 0.545. The molecule has 1 N–H and O–H groups in total. The molecular formula is C15H20N2S2. The highest BCUT2D eigenvalue weighted by atomic mass is 32.2. The lowest BCUT2D eigenvalue weighted by atomic mass is 10.0. The van der Waals surface area contributed by atoms with Crippen molar-refractivity contribution in [3.63, 3.8) is 0 Å². The van der Waals surface area contributed by atoms with Crippen molar-refractivity contribution in [2.45, 2.75) is 25.1 Å². The van der Waals surface area contributed by atoms with Crippen molar-refractivity contribution >= 4 is 23.1 Å². The first kappa shape index (κ1) is 14.6. The van der Waals surface area contributed by atoms with Gasteiger partial charge in [-0.3, -0.25) is 0 Å². The SMILES string of the molecule is CCNC(Cc1csc(CSC)n1)c1ccccc1. The smallest absolute Gasteiger partial charge is 0.103 e. The van der Waals surface area contributed by atoms with Gasteiger partial charge in [0, 0.05) is 23.6 Å². The molecule has 0 spiro atoms. The molecule has 0 saturated heterocycles. The van der Waals surface area contributed by atoms with Crippen molar-refractivity contribution in [2.75, 3.05) is 12.8 Å². The number of rotatable bonds is 7. The van der Waals surface area contributed by atoms with Gasteiger partial charge in [-0.2, -0.15) is 11.8 Å². The maximum absolute atomic E-state index is 4.71. The molecule has 0 aliphatic carbocycles. The number of nitrogens with one attached hydrogen (secondary N) is 1. The molecular weight excluding hydrogens is 272 g/mol. The highest BCUT2D eigenvalue weighted by Crippen LogP contribution is 2.21. The molecule has 0 bridgehead atoms. The second kappa shape index (κ2) is 7.68. The Morgan fingerprint density at radius 2 is 2.11 bits per heavy atom. The van der Waals surface area contributed by atoms with Crippen LogP contribution in [0.2, 0.25) is 0 Å². The van der Waals surface area contributed by atoms with Gasteiger partial charge in [0.15, 0.2) is 0 Å². The molecule has 1 atom stereocenters. The zero-order valence-electron chi connectivity index (χ0n) is 11.4. The summed E-state index contributed by atoms with van der Waals surface area (Å²) in [5.41, 5.74) is 2.53. The Morgan fingerprint density at radius 1 is 1.32 bits per heavy atom. The molecule has 1 aromatic carbocycles. The van der Waals surface area contributed by atoms with Gasteiger partial charge in [-0.15, -0.1) is 11.3 Å². The minimum absolute atomic E-state index is 0.357. The molecule has 1 heterocycles. The first-order valence-electron chi connectivity index (χ1n) is 6.54. The Labute approximate surface area is 123 Å². The molecule has 102 valence electrons. The molecule has 0 aliphatic rings. The minimum Gasteiger partial charge on any atom is -0.310 e. The summed E-state index contributed by atoms with van der Waals surface area (Å²) in [7, 11) is 0. The van der Waals surface area contributed by atoms with E-state index >= 15 is 0 Å². The summed E-state index contributed by atoms with van der Waals surface area (Å²) >= 11 is 3.60. The van der Waals surface area contributed by atoms with Crippen LogP contribution >= 0.6 is 23.1 Å². The van der Waals surface area contributed by atoms with Crippen molar-refractivity contribution < 1.29 is 0 Å². The van der Waals surface area contributed by atoms with Gasteiger partial charge >= 0.3 is 0 Å². The summed E-state index contributed by atoms with van der Waals surface area (Å²) in [4.78, 5) is 4.71. The van der Waals surface area contributed by atoms with Gasteiger partial charge in [0.05, 0.1) is 5.69 Å². The second-order valence-electron chi connectivity index (χ2n) is 4.39. The highest BCUT2D eigenvalue weighted by molar-refractivity contribution is 7.97. The lowest BCUT2D eigenvalue weighted by Crippen LogP contribution is -2.23. The summed E-state index contributed by atoms with van der Waals surface area (Å²) in [6, 6.07) is 11.0. The quantitative estimate of drug-likeness (QED) is 0.838. The zero-order chi connectivity index (χ0) is 13.5. The van der Waals surface area contributed by atoms with E-state index in [1.54, 1.807) is 11.3 Å². The van der Waals surface area contributed by atoms with Gasteiger partial charge in [-0.05, 0) is 18.4 Å². The van der Waals surface area contributed by atoms with E-state index in [9.17, 15) is 0 Å².